The van der Waals surface area contributed by atoms with Crippen LogP contribution in [0.25, 0.3) is 0 Å². The number of benzene rings is 2. The minimum absolute atomic E-state index is 0. The lowest BCUT2D eigenvalue weighted by molar-refractivity contribution is -0.127. The molecule has 0 radical (unpaired) electrons. The second-order valence-electron chi connectivity index (χ2n) is 6.37. The zero-order valence-electron chi connectivity index (χ0n) is 16.7. The zero-order chi connectivity index (χ0) is 20.2. The summed E-state index contributed by atoms with van der Waals surface area (Å²) in [5.41, 5.74) is 1.11. The van der Waals surface area contributed by atoms with E-state index in [1.807, 2.05) is 30.3 Å². The van der Waals surface area contributed by atoms with E-state index in [4.69, 9.17) is 0 Å². The van der Waals surface area contributed by atoms with Gasteiger partial charge in [0.2, 0.25) is 5.91 Å². The van der Waals surface area contributed by atoms with Crippen molar-refractivity contribution < 1.29 is 9.18 Å². The van der Waals surface area contributed by atoms with E-state index >= 15 is 0 Å². The fourth-order valence-corrected chi connectivity index (χ4v) is 3.10. The highest BCUT2D eigenvalue weighted by molar-refractivity contribution is 14.0. The van der Waals surface area contributed by atoms with Gasteiger partial charge in [0.15, 0.2) is 5.96 Å². The number of aliphatic imine (C=N–C) groups is 1. The van der Waals surface area contributed by atoms with Crippen LogP contribution in [-0.4, -0.2) is 49.7 Å². The van der Waals surface area contributed by atoms with Crippen molar-refractivity contribution in [3.63, 3.8) is 0 Å². The lowest BCUT2D eigenvalue weighted by Crippen LogP contribution is -2.43. The van der Waals surface area contributed by atoms with Crippen LogP contribution in [-0.2, 0) is 11.3 Å². The third-order valence-electron chi connectivity index (χ3n) is 3.86. The van der Waals surface area contributed by atoms with Crippen molar-refractivity contribution >= 4 is 47.6 Å². The van der Waals surface area contributed by atoms with E-state index in [0.29, 0.717) is 12.5 Å². The first-order valence-electron chi connectivity index (χ1n) is 9.19. The van der Waals surface area contributed by atoms with Crippen molar-refractivity contribution in [1.29, 1.82) is 0 Å². The number of halogens is 2. The summed E-state index contributed by atoms with van der Waals surface area (Å²) in [7, 11) is 3.45. The van der Waals surface area contributed by atoms with Crippen molar-refractivity contribution in [2.45, 2.75) is 17.9 Å². The lowest BCUT2D eigenvalue weighted by Gasteiger charge is -2.15. The maximum absolute atomic E-state index is 12.9. The third kappa shape index (κ3) is 10.5. The van der Waals surface area contributed by atoms with Crippen molar-refractivity contribution in [2.24, 2.45) is 4.99 Å². The molecule has 2 rings (SSSR count). The minimum atomic E-state index is -0.219. The van der Waals surface area contributed by atoms with Gasteiger partial charge in [-0.1, -0.05) is 30.3 Å². The Morgan fingerprint density at radius 2 is 1.76 bits per heavy atom. The maximum Gasteiger partial charge on any atom is 0.241 e. The molecular formula is C21H28FIN4OS. The molecule has 29 heavy (non-hydrogen) atoms. The van der Waals surface area contributed by atoms with E-state index in [1.54, 1.807) is 42.9 Å². The molecule has 0 heterocycles. The van der Waals surface area contributed by atoms with Gasteiger partial charge in [0, 0.05) is 25.5 Å². The van der Waals surface area contributed by atoms with Crippen molar-refractivity contribution in [3.05, 3.63) is 66.0 Å². The Labute approximate surface area is 193 Å². The molecule has 0 spiro atoms. The molecule has 0 bridgehead atoms. The molecule has 0 unspecified atom stereocenters. The average Bonchev–Trinajstić information content (AvgIpc) is 2.71. The molecular weight excluding hydrogens is 502 g/mol. The second kappa shape index (κ2) is 14.2. The molecule has 0 saturated heterocycles. The van der Waals surface area contributed by atoms with Gasteiger partial charge in [-0.25, -0.2) is 9.38 Å². The minimum Gasteiger partial charge on any atom is -0.356 e. The average molecular weight is 530 g/mol. The van der Waals surface area contributed by atoms with Crippen molar-refractivity contribution in [3.8, 4) is 0 Å². The van der Waals surface area contributed by atoms with Crippen LogP contribution in [0.15, 0.2) is 64.5 Å². The normalized spacial score (nSPS) is 10.8. The van der Waals surface area contributed by atoms with Gasteiger partial charge in [-0.15, -0.1) is 35.7 Å². The summed E-state index contributed by atoms with van der Waals surface area (Å²) in [5.74, 6) is 1.29. The van der Waals surface area contributed by atoms with E-state index in [-0.39, 0.29) is 42.2 Å². The first-order chi connectivity index (χ1) is 13.5. The van der Waals surface area contributed by atoms with Gasteiger partial charge in [-0.05, 0) is 42.0 Å². The summed E-state index contributed by atoms with van der Waals surface area (Å²) in [6, 6.07) is 16.5. The van der Waals surface area contributed by atoms with E-state index < -0.39 is 0 Å². The number of nitrogens with zero attached hydrogens (tertiary/aromatic N) is 2. The Kier molecular flexibility index (Phi) is 12.4. The monoisotopic (exact) mass is 530 g/mol. The van der Waals surface area contributed by atoms with Gasteiger partial charge in [0.25, 0.3) is 0 Å². The molecule has 0 aliphatic heterocycles. The predicted octanol–water partition coefficient (Wildman–Crippen LogP) is 3.75. The predicted molar refractivity (Wildman–Crippen MR) is 129 cm³/mol. The quantitative estimate of drug-likeness (QED) is 0.171. The first-order valence-corrected chi connectivity index (χ1v) is 10.2. The maximum atomic E-state index is 12.9. The molecule has 0 aliphatic rings. The standard InChI is InChI=1S/C21H27FN4OS.HI/c1-26(2)20(27)16-25-21(24-15-17-7-4-3-5-8-17)23-13-6-14-28-19-11-9-18(22)10-12-19;/h3-5,7-12H,6,13-16H2,1-2H3,(H2,23,24,25);1H. The van der Waals surface area contributed by atoms with Crippen molar-refractivity contribution in [2.75, 3.05) is 32.9 Å². The fraction of sp³-hybridized carbons (Fsp3) is 0.333. The molecule has 8 heteroatoms. The van der Waals surface area contributed by atoms with Crippen LogP contribution in [0.4, 0.5) is 4.39 Å². The number of carbonyl (C=O) groups excluding carboxylic acids is 1. The van der Waals surface area contributed by atoms with E-state index in [2.05, 4.69) is 15.6 Å². The summed E-state index contributed by atoms with van der Waals surface area (Å²) < 4.78 is 12.9. The van der Waals surface area contributed by atoms with Crippen LogP contribution < -0.4 is 10.6 Å². The topological polar surface area (TPSA) is 56.7 Å². The highest BCUT2D eigenvalue weighted by Gasteiger charge is 2.06. The van der Waals surface area contributed by atoms with E-state index in [0.717, 1.165) is 29.2 Å². The van der Waals surface area contributed by atoms with Crippen molar-refractivity contribution in [1.82, 2.24) is 15.5 Å². The summed E-state index contributed by atoms with van der Waals surface area (Å²) >= 11 is 1.69. The first kappa shape index (κ1) is 25.2. The molecule has 0 aliphatic carbocycles. The summed E-state index contributed by atoms with van der Waals surface area (Å²) in [5, 5.41) is 6.36. The molecule has 2 N–H and O–H groups in total. The van der Waals surface area contributed by atoms with Crippen LogP contribution in [0, 0.1) is 5.82 Å². The molecule has 0 saturated carbocycles. The summed E-state index contributed by atoms with van der Waals surface area (Å²) in [6.45, 7) is 1.46. The number of amides is 1. The van der Waals surface area contributed by atoms with Crippen LogP contribution in [0.3, 0.4) is 0 Å². The molecule has 0 fully saturated rings. The fourth-order valence-electron chi connectivity index (χ4n) is 2.25. The highest BCUT2D eigenvalue weighted by atomic mass is 127. The molecule has 2 aromatic carbocycles. The zero-order valence-corrected chi connectivity index (χ0v) is 19.9. The Morgan fingerprint density at radius 1 is 1.07 bits per heavy atom. The largest absolute Gasteiger partial charge is 0.356 e. The summed E-state index contributed by atoms with van der Waals surface area (Å²) in [4.78, 5) is 19.0. The molecule has 2 aromatic rings. The lowest BCUT2D eigenvalue weighted by atomic mass is 10.2. The number of carbonyl (C=O) groups is 1. The molecule has 0 atom stereocenters. The summed E-state index contributed by atoms with van der Waals surface area (Å²) in [6.07, 6.45) is 0.912. The number of hydrogen-bond acceptors (Lipinski definition) is 3. The van der Waals surface area contributed by atoms with Crippen LogP contribution in [0.2, 0.25) is 0 Å². The van der Waals surface area contributed by atoms with E-state index in [1.165, 1.54) is 12.1 Å². The van der Waals surface area contributed by atoms with Gasteiger partial charge >= 0.3 is 0 Å². The highest BCUT2D eigenvalue weighted by Crippen LogP contribution is 2.18. The molecule has 158 valence electrons. The molecule has 1 amide bonds. The van der Waals surface area contributed by atoms with Gasteiger partial charge in [-0.2, -0.15) is 0 Å². The Hall–Kier alpha value is -1.81. The number of hydrogen-bond donors (Lipinski definition) is 2. The van der Waals surface area contributed by atoms with Gasteiger partial charge in [0.1, 0.15) is 5.82 Å². The van der Waals surface area contributed by atoms with Gasteiger partial charge in [0.05, 0.1) is 13.1 Å². The van der Waals surface area contributed by atoms with Gasteiger partial charge in [-0.3, -0.25) is 4.79 Å². The third-order valence-corrected chi connectivity index (χ3v) is 4.96. The number of rotatable bonds is 9. The van der Waals surface area contributed by atoms with E-state index in [9.17, 15) is 9.18 Å². The van der Waals surface area contributed by atoms with Gasteiger partial charge < -0.3 is 15.5 Å². The number of thioether (sulfide) groups is 1. The Morgan fingerprint density at radius 3 is 2.41 bits per heavy atom. The second-order valence-corrected chi connectivity index (χ2v) is 7.54. The van der Waals surface area contributed by atoms with Crippen LogP contribution in [0.5, 0.6) is 0 Å². The molecule has 5 nitrogen and oxygen atoms in total. The van der Waals surface area contributed by atoms with Crippen LogP contribution in [0.1, 0.15) is 12.0 Å². The van der Waals surface area contributed by atoms with Crippen LogP contribution >= 0.6 is 35.7 Å². The Bertz CT molecular complexity index is 757. The SMILES string of the molecule is CN(C)C(=O)CNC(=NCc1ccccc1)NCCCSc1ccc(F)cc1.I. The number of likely N-dealkylation sites (N-methyl/N-ethyl adjacent to an activating group) is 1. The number of nitrogens with one attached hydrogen (secondary N) is 2. The Balaban J connectivity index is 0.00000420. The molecule has 0 aromatic heterocycles. The number of guanidine groups is 1. The smallest absolute Gasteiger partial charge is 0.241 e.